The van der Waals surface area contributed by atoms with Crippen LogP contribution in [-0.2, 0) is 13.5 Å². The summed E-state index contributed by atoms with van der Waals surface area (Å²) in [5.41, 5.74) is 7.60. The standard InChI is InChI=1S/C10H12BrN5/c1-3-7-8(11)9(12)15-10(14-7)6-4-13-16(2)5-6/h4-5H,3H2,1-2H3,(H2,12,14,15). The van der Waals surface area contributed by atoms with E-state index in [-0.39, 0.29) is 0 Å². The summed E-state index contributed by atoms with van der Waals surface area (Å²) in [6, 6.07) is 0. The quantitative estimate of drug-likeness (QED) is 0.911. The molecule has 0 spiro atoms. The van der Waals surface area contributed by atoms with Crippen molar-refractivity contribution in [3.8, 4) is 11.4 Å². The van der Waals surface area contributed by atoms with Gasteiger partial charge in [0, 0.05) is 13.2 Å². The maximum absolute atomic E-state index is 5.82. The normalized spacial score (nSPS) is 10.7. The zero-order valence-corrected chi connectivity index (χ0v) is 10.7. The van der Waals surface area contributed by atoms with Crippen molar-refractivity contribution in [2.75, 3.05) is 5.73 Å². The van der Waals surface area contributed by atoms with E-state index in [0.717, 1.165) is 22.2 Å². The third kappa shape index (κ3) is 1.92. The molecule has 2 rings (SSSR count). The molecule has 0 atom stereocenters. The molecule has 2 aromatic heterocycles. The number of nitrogen functional groups attached to an aromatic ring is 1. The van der Waals surface area contributed by atoms with E-state index >= 15 is 0 Å². The van der Waals surface area contributed by atoms with E-state index in [0.29, 0.717) is 11.6 Å². The van der Waals surface area contributed by atoms with Crippen molar-refractivity contribution < 1.29 is 0 Å². The lowest BCUT2D eigenvalue weighted by atomic mass is 10.3. The predicted octanol–water partition coefficient (Wildman–Crippen LogP) is 1.78. The molecule has 2 aromatic rings. The van der Waals surface area contributed by atoms with Crippen molar-refractivity contribution in [2.24, 2.45) is 7.05 Å². The van der Waals surface area contributed by atoms with Crippen LogP contribution < -0.4 is 5.73 Å². The summed E-state index contributed by atoms with van der Waals surface area (Å²) >= 11 is 3.38. The number of aromatic nitrogens is 4. The van der Waals surface area contributed by atoms with Crippen LogP contribution in [0.15, 0.2) is 16.9 Å². The number of anilines is 1. The number of halogens is 1. The van der Waals surface area contributed by atoms with Gasteiger partial charge in [-0.1, -0.05) is 6.92 Å². The van der Waals surface area contributed by atoms with Gasteiger partial charge in [-0.05, 0) is 22.4 Å². The van der Waals surface area contributed by atoms with Gasteiger partial charge in [-0.15, -0.1) is 0 Å². The van der Waals surface area contributed by atoms with Gasteiger partial charge in [0.2, 0.25) is 0 Å². The van der Waals surface area contributed by atoms with Crippen LogP contribution in [0.4, 0.5) is 5.82 Å². The molecule has 2 heterocycles. The van der Waals surface area contributed by atoms with E-state index in [1.165, 1.54) is 0 Å². The van der Waals surface area contributed by atoms with Crippen LogP contribution in [0, 0.1) is 0 Å². The van der Waals surface area contributed by atoms with Crippen LogP contribution >= 0.6 is 15.9 Å². The van der Waals surface area contributed by atoms with Gasteiger partial charge in [0.25, 0.3) is 0 Å². The molecule has 16 heavy (non-hydrogen) atoms. The minimum atomic E-state index is 0.464. The van der Waals surface area contributed by atoms with Crippen molar-refractivity contribution in [3.63, 3.8) is 0 Å². The molecule has 0 radical (unpaired) electrons. The molecule has 0 aliphatic heterocycles. The second kappa shape index (κ2) is 4.21. The highest BCUT2D eigenvalue weighted by molar-refractivity contribution is 9.10. The first-order valence-corrected chi connectivity index (χ1v) is 5.72. The smallest absolute Gasteiger partial charge is 0.165 e. The molecule has 0 aromatic carbocycles. The van der Waals surface area contributed by atoms with Gasteiger partial charge in [-0.25, -0.2) is 9.97 Å². The summed E-state index contributed by atoms with van der Waals surface area (Å²) in [4.78, 5) is 8.68. The summed E-state index contributed by atoms with van der Waals surface area (Å²) < 4.78 is 2.49. The van der Waals surface area contributed by atoms with Crippen molar-refractivity contribution in [1.82, 2.24) is 19.7 Å². The van der Waals surface area contributed by atoms with Crippen molar-refractivity contribution in [2.45, 2.75) is 13.3 Å². The minimum Gasteiger partial charge on any atom is -0.383 e. The fourth-order valence-electron chi connectivity index (χ4n) is 1.41. The van der Waals surface area contributed by atoms with E-state index < -0.39 is 0 Å². The lowest BCUT2D eigenvalue weighted by molar-refractivity contribution is 0.768. The van der Waals surface area contributed by atoms with Gasteiger partial charge in [0.05, 0.1) is 21.9 Å². The van der Waals surface area contributed by atoms with Crippen LogP contribution in [0.3, 0.4) is 0 Å². The van der Waals surface area contributed by atoms with Gasteiger partial charge in [0.1, 0.15) is 5.82 Å². The topological polar surface area (TPSA) is 69.6 Å². The van der Waals surface area contributed by atoms with Crippen LogP contribution in [-0.4, -0.2) is 19.7 Å². The third-order valence-corrected chi connectivity index (χ3v) is 3.11. The van der Waals surface area contributed by atoms with E-state index in [9.17, 15) is 0 Å². The first-order chi connectivity index (χ1) is 7.61. The largest absolute Gasteiger partial charge is 0.383 e. The van der Waals surface area contributed by atoms with Gasteiger partial charge in [-0.3, -0.25) is 4.68 Å². The molecule has 84 valence electrons. The zero-order chi connectivity index (χ0) is 11.7. The lowest BCUT2D eigenvalue weighted by Crippen LogP contribution is -2.01. The Bertz CT molecular complexity index is 520. The molecule has 5 nitrogen and oxygen atoms in total. The van der Waals surface area contributed by atoms with Crippen molar-refractivity contribution in [1.29, 1.82) is 0 Å². The number of nitrogens with two attached hydrogens (primary N) is 1. The summed E-state index contributed by atoms with van der Waals surface area (Å²) in [5, 5.41) is 4.08. The van der Waals surface area contributed by atoms with E-state index in [1.807, 2.05) is 20.2 Å². The maximum atomic E-state index is 5.82. The van der Waals surface area contributed by atoms with E-state index in [2.05, 4.69) is 31.0 Å². The molecule has 0 fully saturated rings. The molecular formula is C10H12BrN5. The zero-order valence-electron chi connectivity index (χ0n) is 9.11. The molecule has 2 N–H and O–H groups in total. The first-order valence-electron chi connectivity index (χ1n) is 4.92. The van der Waals surface area contributed by atoms with Gasteiger partial charge in [-0.2, -0.15) is 5.10 Å². The van der Waals surface area contributed by atoms with Gasteiger partial charge in [0.15, 0.2) is 5.82 Å². The van der Waals surface area contributed by atoms with Crippen LogP contribution in [0.2, 0.25) is 0 Å². The lowest BCUT2D eigenvalue weighted by Gasteiger charge is -2.05. The van der Waals surface area contributed by atoms with Crippen molar-refractivity contribution >= 4 is 21.7 Å². The molecular weight excluding hydrogens is 270 g/mol. The molecule has 0 saturated heterocycles. The minimum absolute atomic E-state index is 0.464. The first kappa shape index (κ1) is 11.1. The van der Waals surface area contributed by atoms with E-state index in [1.54, 1.807) is 10.9 Å². The van der Waals surface area contributed by atoms with Crippen LogP contribution in [0.1, 0.15) is 12.6 Å². The fourth-order valence-corrected chi connectivity index (χ4v) is 1.87. The third-order valence-electron chi connectivity index (χ3n) is 2.24. The molecule has 0 unspecified atom stereocenters. The van der Waals surface area contributed by atoms with Crippen LogP contribution in [0.25, 0.3) is 11.4 Å². The SMILES string of the molecule is CCc1nc(-c2cnn(C)c2)nc(N)c1Br. The Kier molecular flexibility index (Phi) is 2.91. The molecule has 0 aliphatic carbocycles. The molecule has 0 aliphatic rings. The van der Waals surface area contributed by atoms with E-state index in [4.69, 9.17) is 5.73 Å². The maximum Gasteiger partial charge on any atom is 0.165 e. The Hall–Kier alpha value is -1.43. The Balaban J connectivity index is 2.54. The highest BCUT2D eigenvalue weighted by atomic mass is 79.9. The summed E-state index contributed by atoms with van der Waals surface area (Å²) in [5.74, 6) is 1.08. The average Bonchev–Trinajstić information content (AvgIpc) is 2.69. The highest BCUT2D eigenvalue weighted by Gasteiger charge is 2.11. The monoisotopic (exact) mass is 281 g/mol. The summed E-state index contributed by atoms with van der Waals surface area (Å²) in [7, 11) is 1.85. The number of hydrogen-bond acceptors (Lipinski definition) is 4. The Labute approximate surface area is 102 Å². The Morgan fingerprint density at radius 3 is 2.75 bits per heavy atom. The molecule has 0 bridgehead atoms. The second-order valence-electron chi connectivity index (χ2n) is 3.45. The average molecular weight is 282 g/mol. The summed E-state index contributed by atoms with van der Waals surface area (Å²) in [6.07, 6.45) is 4.39. The summed E-state index contributed by atoms with van der Waals surface area (Å²) in [6.45, 7) is 2.03. The molecule has 6 heteroatoms. The predicted molar refractivity (Wildman–Crippen MR) is 65.7 cm³/mol. The van der Waals surface area contributed by atoms with Crippen LogP contribution in [0.5, 0.6) is 0 Å². The number of nitrogens with zero attached hydrogens (tertiary/aromatic N) is 4. The molecule has 0 amide bonds. The molecule has 0 saturated carbocycles. The van der Waals surface area contributed by atoms with Crippen molar-refractivity contribution in [3.05, 3.63) is 22.6 Å². The van der Waals surface area contributed by atoms with Gasteiger partial charge < -0.3 is 5.73 Å². The number of hydrogen-bond donors (Lipinski definition) is 1. The van der Waals surface area contributed by atoms with Gasteiger partial charge >= 0.3 is 0 Å². The number of rotatable bonds is 2. The fraction of sp³-hybridized carbons (Fsp3) is 0.300. The Morgan fingerprint density at radius 1 is 1.44 bits per heavy atom. The number of aryl methyl sites for hydroxylation is 2. The highest BCUT2D eigenvalue weighted by Crippen LogP contribution is 2.25. The Morgan fingerprint density at radius 2 is 2.19 bits per heavy atom. The second-order valence-corrected chi connectivity index (χ2v) is 4.24.